The van der Waals surface area contributed by atoms with Crippen LogP contribution in [0.5, 0.6) is 5.75 Å². The Morgan fingerprint density at radius 2 is 2.12 bits per heavy atom. The van der Waals surface area contributed by atoms with Crippen LogP contribution < -0.4 is 10.5 Å². The highest BCUT2D eigenvalue weighted by Crippen LogP contribution is 2.22. The molecule has 1 aromatic rings. The maximum atomic E-state index is 6.20. The largest absolute Gasteiger partial charge is 0.489 e. The van der Waals surface area contributed by atoms with Gasteiger partial charge in [0, 0.05) is 12.8 Å². The van der Waals surface area contributed by atoms with E-state index in [9.17, 15) is 0 Å². The number of aromatic nitrogens is 1. The summed E-state index contributed by atoms with van der Waals surface area (Å²) in [5.41, 5.74) is 6.58. The topological polar surface area (TPSA) is 57.4 Å². The van der Waals surface area contributed by atoms with Crippen molar-refractivity contribution in [2.75, 3.05) is 13.2 Å². The van der Waals surface area contributed by atoms with Crippen LogP contribution in [0.2, 0.25) is 0 Å². The number of ether oxygens (including phenoxy) is 2. The summed E-state index contributed by atoms with van der Waals surface area (Å²) in [6.07, 6.45) is 3.58. The molecule has 0 aliphatic rings. The van der Waals surface area contributed by atoms with E-state index in [0.29, 0.717) is 13.2 Å². The molecule has 0 fully saturated rings. The molecule has 0 radical (unpaired) electrons. The predicted molar refractivity (Wildman–Crippen MR) is 68.0 cm³/mol. The number of nitrogens with zero attached hydrogens (tertiary/aromatic N) is 1. The Morgan fingerprint density at radius 3 is 2.71 bits per heavy atom. The summed E-state index contributed by atoms with van der Waals surface area (Å²) in [5.74, 6) is 0.741. The van der Waals surface area contributed by atoms with Crippen molar-refractivity contribution in [1.82, 2.24) is 4.98 Å². The lowest BCUT2D eigenvalue weighted by atomic mass is 9.96. The van der Waals surface area contributed by atoms with Gasteiger partial charge in [0.1, 0.15) is 5.75 Å². The Balaban J connectivity index is 2.82. The van der Waals surface area contributed by atoms with Crippen LogP contribution in [0, 0.1) is 0 Å². The molecular weight excluding hydrogens is 216 g/mol. The molecular formula is C13H22N2O2. The molecule has 2 N–H and O–H groups in total. The molecule has 96 valence electrons. The first-order valence-electron chi connectivity index (χ1n) is 5.94. The van der Waals surface area contributed by atoms with Crippen LogP contribution in [0.3, 0.4) is 0 Å². The van der Waals surface area contributed by atoms with Crippen LogP contribution in [-0.2, 0) is 10.3 Å². The molecule has 0 saturated carbocycles. The molecule has 0 aliphatic heterocycles. The number of hydrogen-bond acceptors (Lipinski definition) is 4. The summed E-state index contributed by atoms with van der Waals surface area (Å²) in [6.45, 7) is 8.97. The van der Waals surface area contributed by atoms with Gasteiger partial charge in [-0.3, -0.25) is 4.98 Å². The van der Waals surface area contributed by atoms with E-state index in [1.54, 1.807) is 12.4 Å². The third kappa shape index (κ3) is 4.32. The van der Waals surface area contributed by atoms with Gasteiger partial charge in [0.05, 0.1) is 24.4 Å². The minimum Gasteiger partial charge on any atom is -0.489 e. The van der Waals surface area contributed by atoms with Gasteiger partial charge < -0.3 is 15.2 Å². The molecule has 0 aliphatic carbocycles. The highest BCUT2D eigenvalue weighted by atomic mass is 16.5. The first-order chi connectivity index (χ1) is 7.95. The zero-order valence-electron chi connectivity index (χ0n) is 11.1. The maximum absolute atomic E-state index is 6.20. The van der Waals surface area contributed by atoms with Gasteiger partial charge in [0.25, 0.3) is 0 Å². The predicted octanol–water partition coefficient (Wildman–Crippen LogP) is 2.08. The lowest BCUT2D eigenvalue weighted by Gasteiger charge is -2.25. The van der Waals surface area contributed by atoms with Crippen molar-refractivity contribution in [3.05, 3.63) is 24.0 Å². The molecule has 1 atom stereocenters. The maximum Gasteiger partial charge on any atom is 0.138 e. The van der Waals surface area contributed by atoms with Gasteiger partial charge in [-0.2, -0.15) is 0 Å². The SMILES string of the molecule is CCOCC(C)(N)c1cncc(OC(C)C)c1. The molecule has 1 heterocycles. The molecule has 4 nitrogen and oxygen atoms in total. The van der Waals surface area contributed by atoms with E-state index < -0.39 is 5.54 Å². The Morgan fingerprint density at radius 1 is 1.41 bits per heavy atom. The van der Waals surface area contributed by atoms with E-state index in [1.165, 1.54) is 0 Å². The normalized spacial score (nSPS) is 14.7. The highest BCUT2D eigenvalue weighted by molar-refractivity contribution is 5.28. The average molecular weight is 238 g/mol. The number of nitrogens with two attached hydrogens (primary N) is 1. The molecule has 17 heavy (non-hydrogen) atoms. The van der Waals surface area contributed by atoms with Crippen LogP contribution in [0.4, 0.5) is 0 Å². The Hall–Kier alpha value is -1.13. The van der Waals surface area contributed by atoms with Crippen molar-refractivity contribution < 1.29 is 9.47 Å². The van der Waals surface area contributed by atoms with Crippen molar-refractivity contribution in [3.8, 4) is 5.75 Å². The molecule has 0 saturated heterocycles. The van der Waals surface area contributed by atoms with Gasteiger partial charge in [0.2, 0.25) is 0 Å². The van der Waals surface area contributed by atoms with Crippen molar-refractivity contribution in [3.63, 3.8) is 0 Å². The van der Waals surface area contributed by atoms with Gasteiger partial charge >= 0.3 is 0 Å². The van der Waals surface area contributed by atoms with E-state index >= 15 is 0 Å². The van der Waals surface area contributed by atoms with Crippen molar-refractivity contribution in [1.29, 1.82) is 0 Å². The van der Waals surface area contributed by atoms with Crippen LogP contribution in [0.15, 0.2) is 18.5 Å². The quantitative estimate of drug-likeness (QED) is 0.824. The molecule has 0 aromatic carbocycles. The van der Waals surface area contributed by atoms with Crippen LogP contribution in [0.1, 0.15) is 33.3 Å². The molecule has 0 bridgehead atoms. The smallest absolute Gasteiger partial charge is 0.138 e. The molecule has 0 spiro atoms. The Kier molecular flexibility index (Phi) is 4.90. The second kappa shape index (κ2) is 5.98. The lowest BCUT2D eigenvalue weighted by Crippen LogP contribution is -2.38. The molecule has 0 amide bonds. The fraction of sp³-hybridized carbons (Fsp3) is 0.615. The average Bonchev–Trinajstić information content (AvgIpc) is 2.26. The third-order valence-corrected chi connectivity index (χ3v) is 2.35. The van der Waals surface area contributed by atoms with E-state index in [4.69, 9.17) is 15.2 Å². The van der Waals surface area contributed by atoms with E-state index in [1.807, 2.05) is 33.8 Å². The van der Waals surface area contributed by atoms with Gasteiger partial charge in [-0.1, -0.05) is 0 Å². The molecule has 4 heteroatoms. The summed E-state index contributed by atoms with van der Waals surface area (Å²) in [6, 6.07) is 1.92. The third-order valence-electron chi connectivity index (χ3n) is 2.35. The van der Waals surface area contributed by atoms with Crippen LogP contribution in [-0.4, -0.2) is 24.3 Å². The second-order valence-electron chi connectivity index (χ2n) is 4.63. The first kappa shape index (κ1) is 13.9. The second-order valence-corrected chi connectivity index (χ2v) is 4.63. The van der Waals surface area contributed by atoms with E-state index in [2.05, 4.69) is 4.98 Å². The zero-order valence-corrected chi connectivity index (χ0v) is 11.1. The summed E-state index contributed by atoms with van der Waals surface area (Å²) in [7, 11) is 0. The molecule has 1 rings (SSSR count). The fourth-order valence-electron chi connectivity index (χ4n) is 1.47. The Bertz CT molecular complexity index is 351. The molecule has 1 aromatic heterocycles. The van der Waals surface area contributed by atoms with E-state index in [-0.39, 0.29) is 6.10 Å². The van der Waals surface area contributed by atoms with Crippen molar-refractivity contribution in [2.45, 2.75) is 39.3 Å². The summed E-state index contributed by atoms with van der Waals surface area (Å²) in [4.78, 5) is 4.15. The first-order valence-corrected chi connectivity index (χ1v) is 5.94. The number of pyridine rings is 1. The van der Waals surface area contributed by atoms with Gasteiger partial charge in [-0.05, 0) is 39.3 Å². The van der Waals surface area contributed by atoms with Gasteiger partial charge in [0.15, 0.2) is 0 Å². The minimum absolute atomic E-state index is 0.128. The minimum atomic E-state index is -0.542. The number of rotatable bonds is 6. The zero-order chi connectivity index (χ0) is 12.9. The lowest BCUT2D eigenvalue weighted by molar-refractivity contribution is 0.100. The monoisotopic (exact) mass is 238 g/mol. The van der Waals surface area contributed by atoms with Crippen molar-refractivity contribution in [2.24, 2.45) is 5.73 Å². The Labute approximate surface area is 103 Å². The standard InChI is InChI=1S/C13H22N2O2/c1-5-16-9-13(4,14)11-6-12(8-15-7-11)17-10(2)3/h6-8,10H,5,9,14H2,1-4H3. The summed E-state index contributed by atoms with van der Waals surface area (Å²) >= 11 is 0. The van der Waals surface area contributed by atoms with Gasteiger partial charge in [-0.25, -0.2) is 0 Å². The van der Waals surface area contributed by atoms with Gasteiger partial charge in [-0.15, -0.1) is 0 Å². The summed E-state index contributed by atoms with van der Waals surface area (Å²) < 4.78 is 11.0. The molecule has 1 unspecified atom stereocenters. The fourth-order valence-corrected chi connectivity index (χ4v) is 1.47. The van der Waals surface area contributed by atoms with Crippen molar-refractivity contribution >= 4 is 0 Å². The van der Waals surface area contributed by atoms with Crippen LogP contribution in [0.25, 0.3) is 0 Å². The summed E-state index contributed by atoms with van der Waals surface area (Å²) in [5, 5.41) is 0. The number of hydrogen-bond donors (Lipinski definition) is 1. The highest BCUT2D eigenvalue weighted by Gasteiger charge is 2.22. The van der Waals surface area contributed by atoms with E-state index in [0.717, 1.165) is 11.3 Å². The van der Waals surface area contributed by atoms with Crippen LogP contribution >= 0.6 is 0 Å².